The summed E-state index contributed by atoms with van der Waals surface area (Å²) in [5.74, 6) is 1.30. The lowest BCUT2D eigenvalue weighted by Crippen LogP contribution is -2.41. The van der Waals surface area contributed by atoms with Crippen molar-refractivity contribution < 1.29 is 4.43 Å². The van der Waals surface area contributed by atoms with Gasteiger partial charge in [0, 0.05) is 0 Å². The third-order valence-corrected chi connectivity index (χ3v) is 4.23. The Bertz CT molecular complexity index is 374. The molecule has 0 unspecified atom stereocenters. The van der Waals surface area contributed by atoms with Crippen LogP contribution in [0.3, 0.4) is 0 Å². The summed E-state index contributed by atoms with van der Waals surface area (Å²) in [5.41, 5.74) is 2.40. The molecule has 18 heavy (non-hydrogen) atoms. The molecule has 0 heterocycles. The lowest BCUT2D eigenvalue weighted by atomic mass is 9.72. The van der Waals surface area contributed by atoms with Crippen LogP contribution in [0.5, 0.6) is 0 Å². The first-order valence-corrected chi connectivity index (χ1v) is 7.22. The molecule has 0 amide bonds. The molecule has 99 valence electrons. The highest BCUT2D eigenvalue weighted by atomic mass is 28.2. The summed E-state index contributed by atoms with van der Waals surface area (Å²) in [6.07, 6.45) is 0. The number of rotatable bonds is 5. The van der Waals surface area contributed by atoms with Crippen LogP contribution in [0, 0.1) is 11.8 Å². The van der Waals surface area contributed by atoms with Gasteiger partial charge in [-0.2, -0.15) is 0 Å². The molecule has 3 radical (unpaired) electrons. The van der Waals surface area contributed by atoms with Crippen LogP contribution in [0.15, 0.2) is 24.3 Å². The zero-order chi connectivity index (χ0) is 13.9. The topological polar surface area (TPSA) is 9.23 Å². The molecule has 1 aromatic rings. The molecular formula is C16H25OSi. The Morgan fingerprint density at radius 2 is 1.44 bits per heavy atom. The fraction of sp³-hybridized carbons (Fsp3) is 0.625. The van der Waals surface area contributed by atoms with Gasteiger partial charge in [0.1, 0.15) is 0 Å². The maximum atomic E-state index is 5.84. The number of hydrogen-bond donors (Lipinski definition) is 0. The van der Waals surface area contributed by atoms with E-state index in [0.717, 1.165) is 0 Å². The summed E-state index contributed by atoms with van der Waals surface area (Å²) in [5, 5.41) is 0. The van der Waals surface area contributed by atoms with Gasteiger partial charge in [-0.25, -0.2) is 0 Å². The van der Waals surface area contributed by atoms with Crippen LogP contribution in [0.4, 0.5) is 0 Å². The van der Waals surface area contributed by atoms with Gasteiger partial charge in [0.25, 0.3) is 0 Å². The highest BCUT2D eigenvalue weighted by Gasteiger charge is 2.40. The Hall–Kier alpha value is -0.603. The molecule has 1 rings (SSSR count). The third kappa shape index (κ3) is 2.55. The summed E-state index contributed by atoms with van der Waals surface area (Å²) in [6, 6.07) is 8.63. The molecular weight excluding hydrogens is 236 g/mol. The van der Waals surface area contributed by atoms with Crippen molar-refractivity contribution in [2.24, 2.45) is 11.8 Å². The summed E-state index contributed by atoms with van der Waals surface area (Å²) in [4.78, 5) is 0. The maximum absolute atomic E-state index is 5.84. The highest BCUT2D eigenvalue weighted by Crippen LogP contribution is 2.42. The van der Waals surface area contributed by atoms with Crippen molar-refractivity contribution in [2.75, 3.05) is 0 Å². The lowest BCUT2D eigenvalue weighted by molar-refractivity contribution is -0.0210. The van der Waals surface area contributed by atoms with E-state index in [1.54, 1.807) is 0 Å². The van der Waals surface area contributed by atoms with E-state index in [1.165, 1.54) is 11.1 Å². The first-order valence-electron chi connectivity index (χ1n) is 6.82. The summed E-state index contributed by atoms with van der Waals surface area (Å²) < 4.78 is 5.84. The molecule has 0 aliphatic carbocycles. The van der Waals surface area contributed by atoms with Crippen molar-refractivity contribution >= 4 is 10.5 Å². The van der Waals surface area contributed by atoms with Crippen LogP contribution >= 0.6 is 0 Å². The van der Waals surface area contributed by atoms with Gasteiger partial charge >= 0.3 is 0 Å². The Labute approximate surface area is 115 Å². The van der Waals surface area contributed by atoms with Crippen molar-refractivity contribution in [2.45, 2.75) is 53.1 Å². The van der Waals surface area contributed by atoms with Gasteiger partial charge in [0.15, 0.2) is 0 Å². The first kappa shape index (κ1) is 15.5. The molecule has 0 spiro atoms. The number of benzene rings is 1. The van der Waals surface area contributed by atoms with Crippen molar-refractivity contribution in [1.82, 2.24) is 0 Å². The van der Waals surface area contributed by atoms with E-state index < -0.39 is 0 Å². The molecule has 0 aliphatic rings. The second-order valence-corrected chi connectivity index (χ2v) is 6.15. The fourth-order valence-electron chi connectivity index (χ4n) is 2.94. The summed E-state index contributed by atoms with van der Waals surface area (Å²) >= 11 is 0. The predicted octanol–water partition coefficient (Wildman–Crippen LogP) is 4.42. The largest absolute Gasteiger partial charge is 0.409 e. The summed E-state index contributed by atoms with van der Waals surface area (Å²) in [7, 11) is 3.35. The third-order valence-electron chi connectivity index (χ3n) is 3.89. The fourth-order valence-corrected chi connectivity index (χ4v) is 3.52. The average Bonchev–Trinajstić information content (AvgIpc) is 2.30. The van der Waals surface area contributed by atoms with Gasteiger partial charge in [0.05, 0.1) is 5.60 Å². The van der Waals surface area contributed by atoms with Crippen LogP contribution in [-0.4, -0.2) is 10.5 Å². The average molecular weight is 261 g/mol. The van der Waals surface area contributed by atoms with Gasteiger partial charge < -0.3 is 4.43 Å². The van der Waals surface area contributed by atoms with Gasteiger partial charge in [-0.1, -0.05) is 65.8 Å². The van der Waals surface area contributed by atoms with E-state index in [9.17, 15) is 0 Å². The SMILES string of the molecule is CC(C)c1ccccc1C(O[Si])(C(C)C)C(C)C. The molecule has 0 aromatic heterocycles. The molecule has 0 atom stereocenters. The molecule has 1 nitrogen and oxygen atoms in total. The van der Waals surface area contributed by atoms with Crippen LogP contribution in [0.2, 0.25) is 0 Å². The Morgan fingerprint density at radius 1 is 0.944 bits per heavy atom. The maximum Gasteiger partial charge on any atom is 0.247 e. The molecule has 0 fully saturated rings. The van der Waals surface area contributed by atoms with Crippen molar-refractivity contribution in [3.8, 4) is 0 Å². The minimum Gasteiger partial charge on any atom is -0.409 e. The highest BCUT2D eigenvalue weighted by molar-refractivity contribution is 5.98. The lowest BCUT2D eigenvalue weighted by Gasteiger charge is -2.42. The van der Waals surface area contributed by atoms with E-state index in [0.29, 0.717) is 17.8 Å². The van der Waals surface area contributed by atoms with Gasteiger partial charge in [-0.3, -0.25) is 0 Å². The normalized spacial score (nSPS) is 12.8. The Morgan fingerprint density at radius 3 is 1.83 bits per heavy atom. The zero-order valence-corrected chi connectivity index (χ0v) is 13.4. The van der Waals surface area contributed by atoms with Gasteiger partial charge in [-0.05, 0) is 28.9 Å². The predicted molar refractivity (Wildman–Crippen MR) is 78.7 cm³/mol. The molecule has 0 bridgehead atoms. The monoisotopic (exact) mass is 261 g/mol. The van der Waals surface area contributed by atoms with Crippen molar-refractivity contribution in [3.63, 3.8) is 0 Å². The minimum atomic E-state index is -0.280. The standard InChI is InChI=1S/C16H25OSi/c1-11(2)14-9-7-8-10-15(14)16(17-18,12(3)4)13(5)6/h7-13H,1-6H3. The van der Waals surface area contributed by atoms with E-state index in [2.05, 4.69) is 76.3 Å². The molecule has 0 saturated carbocycles. The minimum absolute atomic E-state index is 0.280. The smallest absolute Gasteiger partial charge is 0.247 e. The quantitative estimate of drug-likeness (QED) is 0.713. The van der Waals surface area contributed by atoms with Crippen molar-refractivity contribution in [1.29, 1.82) is 0 Å². The molecule has 0 aliphatic heterocycles. The Kier molecular flexibility index (Phi) is 5.17. The van der Waals surface area contributed by atoms with Crippen LogP contribution in [-0.2, 0) is 10.0 Å². The zero-order valence-electron chi connectivity index (χ0n) is 12.4. The van der Waals surface area contributed by atoms with Crippen LogP contribution in [0.25, 0.3) is 0 Å². The van der Waals surface area contributed by atoms with E-state index in [1.807, 2.05) is 0 Å². The van der Waals surface area contributed by atoms with Gasteiger partial charge in [-0.15, -0.1) is 0 Å². The molecule has 0 N–H and O–H groups in total. The molecule has 2 heteroatoms. The second-order valence-electron chi connectivity index (χ2n) is 5.95. The molecule has 0 saturated heterocycles. The number of hydrogen-bond acceptors (Lipinski definition) is 1. The van der Waals surface area contributed by atoms with E-state index >= 15 is 0 Å². The second kappa shape index (κ2) is 6.03. The summed E-state index contributed by atoms with van der Waals surface area (Å²) in [6.45, 7) is 13.3. The van der Waals surface area contributed by atoms with Gasteiger partial charge in [0.2, 0.25) is 10.5 Å². The Balaban J connectivity index is 3.47. The van der Waals surface area contributed by atoms with Crippen LogP contribution < -0.4 is 0 Å². The first-order chi connectivity index (χ1) is 8.37. The van der Waals surface area contributed by atoms with Crippen molar-refractivity contribution in [3.05, 3.63) is 35.4 Å². The van der Waals surface area contributed by atoms with E-state index in [4.69, 9.17) is 4.43 Å². The van der Waals surface area contributed by atoms with E-state index in [-0.39, 0.29) is 5.60 Å². The van der Waals surface area contributed by atoms with Crippen LogP contribution in [0.1, 0.15) is 58.6 Å². The molecule has 1 aromatic carbocycles.